The van der Waals surface area contributed by atoms with Gasteiger partial charge in [0.2, 0.25) is 0 Å². The standard InChI is InChI=1S/2C10H9.Ti/c2*1-8-6-9-4-2-3-5-10(9)7-8;/h2*2-7H,1H3;/q2*-1;+2. The molecule has 0 amide bonds. The molecule has 0 aliphatic rings. The monoisotopic (exact) mass is 306 g/mol. The summed E-state index contributed by atoms with van der Waals surface area (Å²) in [4.78, 5) is 0. The maximum atomic E-state index is 2.20. The van der Waals surface area contributed by atoms with E-state index in [9.17, 15) is 0 Å². The molecule has 0 saturated heterocycles. The summed E-state index contributed by atoms with van der Waals surface area (Å²) >= 11 is 0. The second-order valence-electron chi connectivity index (χ2n) is 5.32. The summed E-state index contributed by atoms with van der Waals surface area (Å²) in [6.07, 6.45) is 0. The van der Waals surface area contributed by atoms with Crippen LogP contribution in [0.4, 0.5) is 0 Å². The molecule has 0 nitrogen and oxygen atoms in total. The van der Waals surface area contributed by atoms with Gasteiger partial charge in [0.15, 0.2) is 0 Å². The molecule has 0 spiro atoms. The van der Waals surface area contributed by atoms with E-state index in [0.717, 1.165) is 0 Å². The predicted octanol–water partition coefficient (Wildman–Crippen LogP) is 5.73. The molecule has 0 N–H and O–H groups in total. The Kier molecular flexibility index (Phi) is 5.17. The Morgan fingerprint density at radius 2 is 1.00 bits per heavy atom. The molecule has 21 heavy (non-hydrogen) atoms. The Hall–Kier alpha value is -1.63. The molecule has 1 heteroatoms. The van der Waals surface area contributed by atoms with Gasteiger partial charge in [-0.05, 0) is 0 Å². The molecule has 0 bridgehead atoms. The van der Waals surface area contributed by atoms with Crippen molar-refractivity contribution in [3.05, 3.63) is 83.9 Å². The summed E-state index contributed by atoms with van der Waals surface area (Å²) in [6, 6.07) is 25.7. The van der Waals surface area contributed by atoms with Crippen molar-refractivity contribution < 1.29 is 21.7 Å². The maximum absolute atomic E-state index is 2.20. The van der Waals surface area contributed by atoms with Crippen molar-refractivity contribution in [2.24, 2.45) is 0 Å². The first-order chi connectivity index (χ1) is 9.72. The van der Waals surface area contributed by atoms with E-state index in [0.29, 0.717) is 0 Å². The van der Waals surface area contributed by atoms with Gasteiger partial charge in [0.25, 0.3) is 0 Å². The number of benzene rings is 2. The first kappa shape index (κ1) is 15.8. The average Bonchev–Trinajstić information content (AvgIpc) is 2.99. The zero-order valence-corrected chi connectivity index (χ0v) is 14.0. The Morgan fingerprint density at radius 3 is 1.38 bits per heavy atom. The van der Waals surface area contributed by atoms with Crippen LogP contribution in [0, 0.1) is 13.8 Å². The second kappa shape index (κ2) is 6.89. The van der Waals surface area contributed by atoms with E-state index < -0.39 is 0 Å². The van der Waals surface area contributed by atoms with Gasteiger partial charge in [-0.1, -0.05) is 26.0 Å². The van der Waals surface area contributed by atoms with Crippen molar-refractivity contribution in [3.63, 3.8) is 0 Å². The van der Waals surface area contributed by atoms with Crippen molar-refractivity contribution in [2.45, 2.75) is 13.8 Å². The Bertz CT molecular complexity index is 695. The second-order valence-corrected chi connectivity index (χ2v) is 5.32. The summed E-state index contributed by atoms with van der Waals surface area (Å²) in [5.74, 6) is 0. The van der Waals surface area contributed by atoms with E-state index in [4.69, 9.17) is 0 Å². The summed E-state index contributed by atoms with van der Waals surface area (Å²) < 4.78 is 0. The molecule has 4 aromatic carbocycles. The topological polar surface area (TPSA) is 0 Å². The van der Waals surface area contributed by atoms with Crippen LogP contribution in [-0.2, 0) is 21.7 Å². The molecular formula is C20H18Ti. The van der Waals surface area contributed by atoms with Crippen LogP contribution in [0.5, 0.6) is 0 Å². The van der Waals surface area contributed by atoms with Crippen LogP contribution < -0.4 is 0 Å². The normalized spacial score (nSPS) is 10.0. The first-order valence-corrected chi connectivity index (χ1v) is 6.96. The van der Waals surface area contributed by atoms with Gasteiger partial charge < -0.3 is 0 Å². The molecule has 4 aromatic rings. The van der Waals surface area contributed by atoms with Crippen molar-refractivity contribution >= 4 is 21.5 Å². The number of rotatable bonds is 0. The number of hydrogen-bond acceptors (Lipinski definition) is 0. The SMILES string of the molecule is Cc1cc2ccccc2[cH-]1.Cc1cc2ccccc2[cH-]1.[Ti+2]. The van der Waals surface area contributed by atoms with Crippen molar-refractivity contribution in [1.29, 1.82) is 0 Å². The zero-order chi connectivity index (χ0) is 13.9. The minimum absolute atomic E-state index is 0. The summed E-state index contributed by atoms with van der Waals surface area (Å²) in [5, 5.41) is 5.39. The molecule has 0 heterocycles. The fourth-order valence-electron chi connectivity index (χ4n) is 2.61. The minimum atomic E-state index is 0. The fraction of sp³-hybridized carbons (Fsp3) is 0.100. The van der Waals surface area contributed by atoms with Crippen LogP contribution in [0.3, 0.4) is 0 Å². The van der Waals surface area contributed by atoms with Gasteiger partial charge in [0.05, 0.1) is 0 Å². The zero-order valence-electron chi connectivity index (χ0n) is 12.4. The average molecular weight is 306 g/mol. The van der Waals surface area contributed by atoms with Gasteiger partial charge >= 0.3 is 21.7 Å². The molecule has 0 radical (unpaired) electrons. The minimum Gasteiger partial charge on any atom is -0.165 e. The molecule has 4 rings (SSSR count). The third kappa shape index (κ3) is 3.72. The fourth-order valence-corrected chi connectivity index (χ4v) is 2.61. The van der Waals surface area contributed by atoms with Gasteiger partial charge in [0, 0.05) is 0 Å². The molecule has 0 unspecified atom stereocenters. The van der Waals surface area contributed by atoms with E-state index in [-0.39, 0.29) is 21.7 Å². The number of fused-ring (bicyclic) bond motifs is 2. The quantitative estimate of drug-likeness (QED) is 0.287. The Balaban J connectivity index is 0.000000147. The molecule has 102 valence electrons. The molecule has 0 aliphatic carbocycles. The van der Waals surface area contributed by atoms with Crippen LogP contribution in [0.2, 0.25) is 0 Å². The van der Waals surface area contributed by atoms with E-state index >= 15 is 0 Å². The van der Waals surface area contributed by atoms with Gasteiger partial charge in [-0.25, -0.2) is 0 Å². The van der Waals surface area contributed by atoms with Crippen LogP contribution in [0.15, 0.2) is 72.8 Å². The summed E-state index contributed by atoms with van der Waals surface area (Å²) in [5.41, 5.74) is 2.70. The van der Waals surface area contributed by atoms with Gasteiger partial charge in [-0.2, -0.15) is 12.1 Å². The Labute approximate surface area is 141 Å². The largest absolute Gasteiger partial charge is 2.00 e. The molecular weight excluding hydrogens is 288 g/mol. The van der Waals surface area contributed by atoms with Gasteiger partial charge in [-0.3, -0.25) is 0 Å². The van der Waals surface area contributed by atoms with E-state index in [2.05, 4.69) is 86.6 Å². The molecule has 0 saturated carbocycles. The molecule has 0 aromatic heterocycles. The van der Waals surface area contributed by atoms with Crippen LogP contribution >= 0.6 is 0 Å². The van der Waals surface area contributed by atoms with Crippen LogP contribution in [0.25, 0.3) is 21.5 Å². The van der Waals surface area contributed by atoms with E-state index in [1.165, 1.54) is 32.7 Å². The van der Waals surface area contributed by atoms with Crippen LogP contribution in [-0.4, -0.2) is 0 Å². The van der Waals surface area contributed by atoms with E-state index in [1.54, 1.807) is 0 Å². The maximum Gasteiger partial charge on any atom is 2.00 e. The third-order valence-electron chi connectivity index (χ3n) is 3.52. The molecule has 0 atom stereocenters. The smallest absolute Gasteiger partial charge is 0.165 e. The van der Waals surface area contributed by atoms with Crippen LogP contribution in [0.1, 0.15) is 11.1 Å². The molecule has 0 aliphatic heterocycles. The van der Waals surface area contributed by atoms with Crippen molar-refractivity contribution in [1.82, 2.24) is 0 Å². The summed E-state index contributed by atoms with van der Waals surface area (Å²) in [7, 11) is 0. The van der Waals surface area contributed by atoms with Gasteiger partial charge in [0.1, 0.15) is 0 Å². The molecule has 0 fully saturated rings. The van der Waals surface area contributed by atoms with Crippen molar-refractivity contribution in [2.75, 3.05) is 0 Å². The van der Waals surface area contributed by atoms with Crippen molar-refractivity contribution in [3.8, 4) is 0 Å². The van der Waals surface area contributed by atoms with E-state index in [1.807, 2.05) is 0 Å². The summed E-state index contributed by atoms with van der Waals surface area (Å²) in [6.45, 7) is 4.25. The predicted molar refractivity (Wildman–Crippen MR) is 88.6 cm³/mol. The number of hydrogen-bond donors (Lipinski definition) is 0. The Morgan fingerprint density at radius 1 is 0.619 bits per heavy atom. The third-order valence-corrected chi connectivity index (χ3v) is 3.52. The first-order valence-electron chi connectivity index (χ1n) is 6.96. The van der Waals surface area contributed by atoms with Gasteiger partial charge in [-0.15, -0.1) is 81.2 Å². The number of aryl methyl sites for hydroxylation is 2.